The van der Waals surface area contributed by atoms with Crippen molar-refractivity contribution in [2.75, 3.05) is 0 Å². The molecule has 4 heteroatoms. The lowest BCUT2D eigenvalue weighted by atomic mass is 9.90. The first kappa shape index (κ1) is 12.9. The number of hydrogen-bond donors (Lipinski definition) is 1. The molecule has 2 fully saturated rings. The largest absolute Gasteiger partial charge is 0.272 e. The monoisotopic (exact) mass is 320 g/mol. The first-order valence-corrected chi connectivity index (χ1v) is 7.61. The zero-order valence-corrected chi connectivity index (χ0v) is 12.3. The molecular weight excluding hydrogens is 304 g/mol. The number of benzene rings is 1. The van der Waals surface area contributed by atoms with E-state index in [2.05, 4.69) is 26.5 Å². The van der Waals surface area contributed by atoms with E-state index < -0.39 is 0 Å². The van der Waals surface area contributed by atoms with Crippen LogP contribution in [0.2, 0.25) is 0 Å². The van der Waals surface area contributed by atoms with Crippen LogP contribution in [0.4, 0.5) is 0 Å². The van der Waals surface area contributed by atoms with Crippen molar-refractivity contribution in [3.8, 4) is 0 Å². The summed E-state index contributed by atoms with van der Waals surface area (Å²) in [6.45, 7) is 0. The number of rotatable bonds is 3. The van der Waals surface area contributed by atoms with Gasteiger partial charge in [-0.3, -0.25) is 4.79 Å². The third-order valence-corrected chi connectivity index (χ3v) is 5.03. The van der Waals surface area contributed by atoms with Crippen molar-refractivity contribution in [3.05, 3.63) is 34.3 Å². The van der Waals surface area contributed by atoms with Crippen LogP contribution in [0.3, 0.4) is 0 Å². The summed E-state index contributed by atoms with van der Waals surface area (Å²) >= 11 is 3.37. The molecule has 3 unspecified atom stereocenters. The Morgan fingerprint density at radius 3 is 2.84 bits per heavy atom. The van der Waals surface area contributed by atoms with Crippen molar-refractivity contribution in [2.45, 2.75) is 25.7 Å². The maximum atomic E-state index is 11.9. The molecule has 0 saturated heterocycles. The lowest BCUT2D eigenvalue weighted by Crippen LogP contribution is -2.20. The Morgan fingerprint density at radius 1 is 1.32 bits per heavy atom. The zero-order valence-electron chi connectivity index (χ0n) is 10.7. The van der Waals surface area contributed by atoms with Gasteiger partial charge >= 0.3 is 0 Å². The molecule has 1 amide bonds. The SMILES string of the molecule is O=C(NN=CC1CC2CCC1C2)c1ccccc1Br. The maximum absolute atomic E-state index is 11.9. The Kier molecular flexibility index (Phi) is 3.69. The van der Waals surface area contributed by atoms with E-state index in [0.717, 1.165) is 16.3 Å². The van der Waals surface area contributed by atoms with Gasteiger partial charge in [-0.25, -0.2) is 5.43 Å². The van der Waals surface area contributed by atoms with Crippen molar-refractivity contribution in [1.29, 1.82) is 0 Å². The average Bonchev–Trinajstić information content (AvgIpc) is 3.01. The Balaban J connectivity index is 1.58. The Labute approximate surface area is 121 Å². The van der Waals surface area contributed by atoms with Gasteiger partial charge in [0.25, 0.3) is 5.91 Å². The highest BCUT2D eigenvalue weighted by atomic mass is 79.9. The van der Waals surface area contributed by atoms with Crippen LogP contribution < -0.4 is 5.43 Å². The van der Waals surface area contributed by atoms with E-state index in [-0.39, 0.29) is 5.91 Å². The van der Waals surface area contributed by atoms with Gasteiger partial charge < -0.3 is 0 Å². The number of fused-ring (bicyclic) bond motifs is 2. The molecule has 100 valence electrons. The normalized spacial score (nSPS) is 29.0. The molecule has 0 aliphatic heterocycles. The standard InChI is InChI=1S/C15H17BrN2O/c16-14-4-2-1-3-13(14)15(19)18-17-9-12-8-10-5-6-11(12)7-10/h1-4,9-12H,5-8H2,(H,18,19). The fourth-order valence-electron chi connectivity index (χ4n) is 3.37. The number of carbonyl (C=O) groups is 1. The summed E-state index contributed by atoms with van der Waals surface area (Å²) in [7, 11) is 0. The van der Waals surface area contributed by atoms with Crippen LogP contribution in [0.5, 0.6) is 0 Å². The van der Waals surface area contributed by atoms with E-state index in [1.165, 1.54) is 25.7 Å². The summed E-state index contributed by atoms with van der Waals surface area (Å²) < 4.78 is 0.794. The summed E-state index contributed by atoms with van der Waals surface area (Å²) in [4.78, 5) is 11.9. The van der Waals surface area contributed by atoms with Gasteiger partial charge in [0.15, 0.2) is 0 Å². The molecule has 1 aromatic carbocycles. The van der Waals surface area contributed by atoms with Gasteiger partial charge in [-0.2, -0.15) is 5.10 Å². The molecule has 19 heavy (non-hydrogen) atoms. The van der Waals surface area contributed by atoms with Crippen LogP contribution in [0.25, 0.3) is 0 Å². The van der Waals surface area contributed by atoms with Crippen LogP contribution in [0.15, 0.2) is 33.8 Å². The minimum atomic E-state index is -0.160. The van der Waals surface area contributed by atoms with Crippen LogP contribution in [0, 0.1) is 17.8 Å². The van der Waals surface area contributed by atoms with Crippen LogP contribution >= 0.6 is 15.9 Å². The predicted molar refractivity (Wildman–Crippen MR) is 79.0 cm³/mol. The Morgan fingerprint density at radius 2 is 2.16 bits per heavy atom. The third kappa shape index (κ3) is 2.73. The van der Waals surface area contributed by atoms with E-state index in [9.17, 15) is 4.79 Å². The fourth-order valence-corrected chi connectivity index (χ4v) is 3.84. The lowest BCUT2D eigenvalue weighted by molar-refractivity contribution is 0.0954. The Bertz CT molecular complexity index is 515. The van der Waals surface area contributed by atoms with E-state index in [4.69, 9.17) is 0 Å². The summed E-state index contributed by atoms with van der Waals surface area (Å²) in [6.07, 6.45) is 7.27. The molecule has 0 heterocycles. The van der Waals surface area contributed by atoms with Gasteiger partial charge in [0.05, 0.1) is 5.56 Å². The molecule has 3 atom stereocenters. The highest BCUT2D eigenvalue weighted by molar-refractivity contribution is 9.10. The lowest BCUT2D eigenvalue weighted by Gasteiger charge is -2.16. The number of nitrogens with zero attached hydrogens (tertiary/aromatic N) is 1. The summed E-state index contributed by atoms with van der Waals surface area (Å²) in [5, 5.41) is 4.14. The number of hydrazone groups is 1. The predicted octanol–water partition coefficient (Wildman–Crippen LogP) is 3.60. The Hall–Kier alpha value is -1.16. The topological polar surface area (TPSA) is 41.5 Å². The van der Waals surface area contributed by atoms with Crippen molar-refractivity contribution in [3.63, 3.8) is 0 Å². The number of carbonyl (C=O) groups excluding carboxylic acids is 1. The van der Waals surface area contributed by atoms with E-state index in [0.29, 0.717) is 11.5 Å². The molecule has 0 radical (unpaired) electrons. The summed E-state index contributed by atoms with van der Waals surface area (Å²) in [6, 6.07) is 7.37. The second kappa shape index (κ2) is 5.45. The van der Waals surface area contributed by atoms with Crippen molar-refractivity contribution in [1.82, 2.24) is 5.43 Å². The van der Waals surface area contributed by atoms with E-state index in [1.807, 2.05) is 24.4 Å². The van der Waals surface area contributed by atoms with Crippen LogP contribution in [-0.4, -0.2) is 12.1 Å². The molecule has 3 rings (SSSR count). The molecule has 3 nitrogen and oxygen atoms in total. The number of halogens is 1. The summed E-state index contributed by atoms with van der Waals surface area (Å²) in [5.41, 5.74) is 3.24. The van der Waals surface area contributed by atoms with Gasteiger partial charge in [-0.15, -0.1) is 0 Å². The second-order valence-electron chi connectivity index (χ2n) is 5.54. The van der Waals surface area contributed by atoms with Crippen molar-refractivity contribution < 1.29 is 4.79 Å². The minimum absolute atomic E-state index is 0.160. The number of nitrogens with one attached hydrogen (secondary N) is 1. The quantitative estimate of drug-likeness (QED) is 0.671. The van der Waals surface area contributed by atoms with E-state index in [1.54, 1.807) is 6.07 Å². The van der Waals surface area contributed by atoms with Crippen molar-refractivity contribution >= 4 is 28.1 Å². The minimum Gasteiger partial charge on any atom is -0.267 e. The maximum Gasteiger partial charge on any atom is 0.272 e. The highest BCUT2D eigenvalue weighted by Crippen LogP contribution is 2.47. The molecule has 0 aromatic heterocycles. The highest BCUT2D eigenvalue weighted by Gasteiger charge is 2.38. The molecule has 2 bridgehead atoms. The fraction of sp³-hybridized carbons (Fsp3) is 0.467. The molecule has 0 spiro atoms. The van der Waals surface area contributed by atoms with Gasteiger partial charge in [0.1, 0.15) is 0 Å². The first-order valence-electron chi connectivity index (χ1n) is 6.82. The van der Waals surface area contributed by atoms with Gasteiger partial charge in [-0.05, 0) is 65.1 Å². The van der Waals surface area contributed by atoms with Gasteiger partial charge in [0, 0.05) is 10.7 Å². The van der Waals surface area contributed by atoms with Gasteiger partial charge in [0.2, 0.25) is 0 Å². The molecule has 1 N–H and O–H groups in total. The molecular formula is C15H17BrN2O. The molecule has 1 aromatic rings. The summed E-state index contributed by atoms with van der Waals surface area (Å²) in [5.74, 6) is 2.11. The average molecular weight is 321 g/mol. The molecule has 2 aliphatic rings. The molecule has 2 aliphatic carbocycles. The zero-order chi connectivity index (χ0) is 13.2. The third-order valence-electron chi connectivity index (χ3n) is 4.34. The first-order chi connectivity index (χ1) is 9.24. The second-order valence-corrected chi connectivity index (χ2v) is 6.39. The van der Waals surface area contributed by atoms with Crippen LogP contribution in [0.1, 0.15) is 36.0 Å². The van der Waals surface area contributed by atoms with Crippen molar-refractivity contribution in [2.24, 2.45) is 22.9 Å². The van der Waals surface area contributed by atoms with Gasteiger partial charge in [-0.1, -0.05) is 18.6 Å². The number of amides is 1. The molecule has 2 saturated carbocycles. The number of hydrogen-bond acceptors (Lipinski definition) is 2. The smallest absolute Gasteiger partial charge is 0.267 e. The van der Waals surface area contributed by atoms with E-state index >= 15 is 0 Å². The van der Waals surface area contributed by atoms with Crippen LogP contribution in [-0.2, 0) is 0 Å².